The van der Waals surface area contributed by atoms with E-state index in [0.717, 1.165) is 64.8 Å². The monoisotopic (exact) mass is 497 g/mol. The molecule has 1 saturated heterocycles. The molecule has 4 aliphatic carbocycles. The summed E-state index contributed by atoms with van der Waals surface area (Å²) in [5.74, 6) is 1.71. The Labute approximate surface area is 198 Å². The zero-order valence-electron chi connectivity index (χ0n) is 18.8. The van der Waals surface area contributed by atoms with E-state index in [1.807, 2.05) is 6.33 Å². The number of carbonyl (C=O) groups is 1. The summed E-state index contributed by atoms with van der Waals surface area (Å²) in [6.45, 7) is 6.75. The molecule has 6 nitrogen and oxygen atoms in total. The highest BCUT2D eigenvalue weighted by atomic mass is 79.9. The lowest BCUT2D eigenvalue weighted by Crippen LogP contribution is -2.62. The predicted octanol–water partition coefficient (Wildman–Crippen LogP) is 3.99. The Kier molecular flexibility index (Phi) is 4.99. The van der Waals surface area contributed by atoms with E-state index in [-0.39, 0.29) is 11.0 Å². The van der Waals surface area contributed by atoms with E-state index in [9.17, 15) is 4.79 Å². The standard InChI is InChI=1S/C25H32BrN5O/c1-18-3-2-4-19(9-18)15-29-5-7-30(8-6-29)22(32)24-11-20-10-21(12-24)14-25(13-20,16-24)31-17-27-23(26)28-31/h2-4,9,17,20-21H,5-8,10-16H2,1H3/t20-,21-,24?,25?/m0/s1. The van der Waals surface area contributed by atoms with E-state index >= 15 is 0 Å². The molecular formula is C25H32BrN5O. The van der Waals surface area contributed by atoms with Crippen LogP contribution in [0.1, 0.15) is 49.7 Å². The third-order valence-corrected chi connectivity index (χ3v) is 8.95. The van der Waals surface area contributed by atoms with Crippen molar-refractivity contribution < 1.29 is 4.79 Å². The first-order chi connectivity index (χ1) is 15.4. The number of piperazine rings is 1. The van der Waals surface area contributed by atoms with Crippen molar-refractivity contribution in [2.45, 2.75) is 57.5 Å². The number of nitrogens with zero attached hydrogens (tertiary/aromatic N) is 5. The van der Waals surface area contributed by atoms with Crippen LogP contribution in [-0.4, -0.2) is 56.7 Å². The fourth-order valence-corrected chi connectivity index (χ4v) is 7.98. The smallest absolute Gasteiger partial charge is 0.228 e. The minimum atomic E-state index is -0.193. The topological polar surface area (TPSA) is 54.3 Å². The number of hydrogen-bond acceptors (Lipinski definition) is 4. The lowest BCUT2D eigenvalue weighted by Gasteiger charge is -2.61. The molecule has 4 saturated carbocycles. The van der Waals surface area contributed by atoms with Gasteiger partial charge in [0.25, 0.3) is 0 Å². The fourth-order valence-electron chi connectivity index (χ4n) is 7.72. The lowest BCUT2D eigenvalue weighted by atomic mass is 9.46. The number of aromatic nitrogens is 3. The minimum Gasteiger partial charge on any atom is -0.340 e. The zero-order chi connectivity index (χ0) is 21.9. The van der Waals surface area contributed by atoms with Crippen molar-refractivity contribution in [3.8, 4) is 0 Å². The number of hydrogen-bond donors (Lipinski definition) is 0. The summed E-state index contributed by atoms with van der Waals surface area (Å²) in [7, 11) is 0. The van der Waals surface area contributed by atoms with Crippen LogP contribution in [0.4, 0.5) is 0 Å². The SMILES string of the molecule is Cc1cccc(CN2CCN(C(=O)C34C[C@@H]5C[C@@H](C3)CC(n3cnc(Br)n3)(C5)C4)CC2)c1. The number of halogens is 1. The van der Waals surface area contributed by atoms with Crippen LogP contribution >= 0.6 is 15.9 Å². The van der Waals surface area contributed by atoms with Crippen LogP contribution in [0.5, 0.6) is 0 Å². The molecule has 7 rings (SSSR count). The quantitative estimate of drug-likeness (QED) is 0.640. The van der Waals surface area contributed by atoms with Gasteiger partial charge in [-0.2, -0.15) is 0 Å². The molecule has 0 spiro atoms. The van der Waals surface area contributed by atoms with E-state index in [1.54, 1.807) is 0 Å². The molecule has 1 amide bonds. The molecule has 0 radical (unpaired) electrons. The van der Waals surface area contributed by atoms with Crippen LogP contribution in [0.2, 0.25) is 0 Å². The van der Waals surface area contributed by atoms with Crippen molar-refractivity contribution in [1.82, 2.24) is 24.6 Å². The van der Waals surface area contributed by atoms with Gasteiger partial charge in [-0.3, -0.25) is 9.69 Å². The summed E-state index contributed by atoms with van der Waals surface area (Å²) < 4.78 is 2.74. The highest BCUT2D eigenvalue weighted by Crippen LogP contribution is 2.64. The van der Waals surface area contributed by atoms with Gasteiger partial charge in [-0.05, 0) is 78.8 Å². The average Bonchev–Trinajstić information content (AvgIpc) is 3.20. The summed E-state index contributed by atoms with van der Waals surface area (Å²) in [6, 6.07) is 8.77. The molecule has 170 valence electrons. The molecule has 2 aromatic rings. The van der Waals surface area contributed by atoms with Crippen LogP contribution < -0.4 is 0 Å². The number of aryl methyl sites for hydroxylation is 1. The first-order valence-corrected chi connectivity index (χ1v) is 12.9. The molecule has 32 heavy (non-hydrogen) atoms. The molecule has 0 unspecified atom stereocenters. The van der Waals surface area contributed by atoms with Gasteiger partial charge in [-0.1, -0.05) is 29.8 Å². The molecule has 5 fully saturated rings. The van der Waals surface area contributed by atoms with Crippen LogP contribution in [0.15, 0.2) is 35.3 Å². The van der Waals surface area contributed by atoms with Crippen molar-refractivity contribution in [2.75, 3.05) is 26.2 Å². The highest BCUT2D eigenvalue weighted by molar-refractivity contribution is 9.10. The number of carbonyl (C=O) groups excluding carboxylic acids is 1. The summed E-state index contributed by atoms with van der Waals surface area (Å²) >= 11 is 3.43. The van der Waals surface area contributed by atoms with Crippen LogP contribution in [0, 0.1) is 24.2 Å². The molecule has 1 aliphatic heterocycles. The molecule has 7 heteroatoms. The summed E-state index contributed by atoms with van der Waals surface area (Å²) in [4.78, 5) is 23.0. The number of amides is 1. The predicted molar refractivity (Wildman–Crippen MR) is 126 cm³/mol. The van der Waals surface area contributed by atoms with Gasteiger partial charge in [-0.25, -0.2) is 9.67 Å². The molecule has 1 aromatic heterocycles. The van der Waals surface area contributed by atoms with Gasteiger partial charge in [0.05, 0.1) is 11.0 Å². The lowest BCUT2D eigenvalue weighted by molar-refractivity contribution is -0.168. The second-order valence-electron chi connectivity index (χ2n) is 11.0. The Bertz CT molecular complexity index is 1010. The first kappa shape index (κ1) is 20.8. The Morgan fingerprint density at radius 2 is 1.88 bits per heavy atom. The van der Waals surface area contributed by atoms with E-state index in [0.29, 0.717) is 22.5 Å². The fraction of sp³-hybridized carbons (Fsp3) is 0.640. The molecule has 2 atom stereocenters. The Balaban J connectivity index is 1.17. The maximum Gasteiger partial charge on any atom is 0.228 e. The van der Waals surface area contributed by atoms with Crippen LogP contribution in [0.3, 0.4) is 0 Å². The van der Waals surface area contributed by atoms with E-state index in [4.69, 9.17) is 0 Å². The molecule has 5 aliphatic rings. The normalized spacial score (nSPS) is 34.2. The third kappa shape index (κ3) is 3.52. The van der Waals surface area contributed by atoms with Crippen LogP contribution in [-0.2, 0) is 16.9 Å². The molecule has 2 heterocycles. The summed E-state index contributed by atoms with van der Waals surface area (Å²) in [5, 5.41) is 4.65. The Morgan fingerprint density at radius 3 is 2.53 bits per heavy atom. The van der Waals surface area contributed by atoms with Gasteiger partial charge < -0.3 is 4.90 Å². The van der Waals surface area contributed by atoms with Gasteiger partial charge in [0.1, 0.15) is 6.33 Å². The molecule has 0 N–H and O–H groups in total. The van der Waals surface area contributed by atoms with E-state index < -0.39 is 0 Å². The Morgan fingerprint density at radius 1 is 1.12 bits per heavy atom. The van der Waals surface area contributed by atoms with E-state index in [1.165, 1.54) is 17.5 Å². The van der Waals surface area contributed by atoms with Crippen molar-refractivity contribution >= 4 is 21.8 Å². The van der Waals surface area contributed by atoms with Gasteiger partial charge in [0, 0.05) is 32.7 Å². The van der Waals surface area contributed by atoms with Crippen molar-refractivity contribution in [3.63, 3.8) is 0 Å². The largest absolute Gasteiger partial charge is 0.340 e. The first-order valence-electron chi connectivity index (χ1n) is 12.1. The van der Waals surface area contributed by atoms with Crippen molar-refractivity contribution in [2.24, 2.45) is 17.3 Å². The molecule has 4 bridgehead atoms. The highest BCUT2D eigenvalue weighted by Gasteiger charge is 2.62. The van der Waals surface area contributed by atoms with Gasteiger partial charge in [0.2, 0.25) is 10.6 Å². The summed E-state index contributed by atoms with van der Waals surface area (Å²) in [6.07, 6.45) is 8.55. The van der Waals surface area contributed by atoms with Crippen molar-refractivity contribution in [3.05, 3.63) is 46.5 Å². The maximum atomic E-state index is 14.0. The zero-order valence-corrected chi connectivity index (χ0v) is 20.4. The minimum absolute atomic E-state index is 0.0221. The van der Waals surface area contributed by atoms with Gasteiger partial charge in [0.15, 0.2) is 0 Å². The Hall–Kier alpha value is -1.73. The number of rotatable bonds is 4. The average molecular weight is 498 g/mol. The third-order valence-electron chi connectivity index (χ3n) is 8.58. The maximum absolute atomic E-state index is 14.0. The molecule has 1 aromatic carbocycles. The van der Waals surface area contributed by atoms with Crippen LogP contribution in [0.25, 0.3) is 0 Å². The number of benzene rings is 1. The second-order valence-corrected chi connectivity index (χ2v) is 11.7. The van der Waals surface area contributed by atoms with Crippen molar-refractivity contribution in [1.29, 1.82) is 0 Å². The van der Waals surface area contributed by atoms with E-state index in [2.05, 4.69) is 71.7 Å². The molecular weight excluding hydrogens is 466 g/mol. The second kappa shape index (κ2) is 7.66. The van der Waals surface area contributed by atoms with Gasteiger partial charge >= 0.3 is 0 Å². The summed E-state index contributed by atoms with van der Waals surface area (Å²) in [5.41, 5.74) is 2.46. The van der Waals surface area contributed by atoms with Gasteiger partial charge in [-0.15, -0.1) is 5.10 Å².